The van der Waals surface area contributed by atoms with Crippen LogP contribution in [0.25, 0.3) is 28.5 Å². The fourth-order valence-corrected chi connectivity index (χ4v) is 5.34. The molecule has 0 radical (unpaired) electrons. The lowest BCUT2D eigenvalue weighted by Crippen LogP contribution is -2.08. The largest absolute Gasteiger partial charge is 0.418 e. The maximum atomic E-state index is 6.58. The minimum atomic E-state index is -0.294. The van der Waals surface area contributed by atoms with Crippen LogP contribution in [-0.2, 0) is 5.41 Å². The molecular formula is C27H18Cl4N4O. The zero-order valence-corrected chi connectivity index (χ0v) is 22.0. The van der Waals surface area contributed by atoms with Crippen LogP contribution in [-0.4, -0.2) is 20.0 Å². The number of nitrogens with zero attached hydrogens (tertiary/aromatic N) is 4. The second-order valence-corrected chi connectivity index (χ2v) is 10.5. The highest BCUT2D eigenvalue weighted by atomic mass is 35.5. The molecule has 0 amide bonds. The highest BCUT2D eigenvalue weighted by Gasteiger charge is 2.51. The van der Waals surface area contributed by atoms with Crippen LogP contribution >= 0.6 is 46.4 Å². The van der Waals surface area contributed by atoms with E-state index in [4.69, 9.17) is 55.9 Å². The average molecular weight is 556 g/mol. The van der Waals surface area contributed by atoms with E-state index in [2.05, 4.69) is 10.2 Å². The van der Waals surface area contributed by atoms with Crippen molar-refractivity contribution >= 4 is 46.4 Å². The van der Waals surface area contributed by atoms with Gasteiger partial charge < -0.3 is 4.42 Å². The lowest BCUT2D eigenvalue weighted by Gasteiger charge is -2.12. The minimum absolute atomic E-state index is 0.294. The van der Waals surface area contributed by atoms with Crippen molar-refractivity contribution < 1.29 is 4.42 Å². The molecule has 0 aliphatic heterocycles. The Kier molecular flexibility index (Phi) is 5.84. The number of rotatable bonds is 5. The van der Waals surface area contributed by atoms with Crippen LogP contribution in [0, 0.1) is 6.92 Å². The summed E-state index contributed by atoms with van der Waals surface area (Å²) in [6, 6.07) is 20.6. The molecule has 2 heterocycles. The molecule has 0 saturated heterocycles. The Morgan fingerprint density at radius 2 is 1.42 bits per heavy atom. The first kappa shape index (κ1) is 23.6. The summed E-state index contributed by atoms with van der Waals surface area (Å²) < 4.78 is 7.99. The number of halogens is 4. The first-order valence-electron chi connectivity index (χ1n) is 11.3. The molecule has 0 bridgehead atoms. The molecule has 1 fully saturated rings. The molecule has 180 valence electrons. The van der Waals surface area contributed by atoms with Crippen molar-refractivity contribution in [1.29, 1.82) is 0 Å². The van der Waals surface area contributed by atoms with E-state index in [-0.39, 0.29) is 5.41 Å². The van der Waals surface area contributed by atoms with Gasteiger partial charge in [0.05, 0.1) is 21.2 Å². The maximum absolute atomic E-state index is 6.58. The molecule has 0 unspecified atom stereocenters. The molecular weight excluding hydrogens is 538 g/mol. The van der Waals surface area contributed by atoms with Crippen LogP contribution < -0.4 is 0 Å². The van der Waals surface area contributed by atoms with Gasteiger partial charge in [-0.1, -0.05) is 76.7 Å². The van der Waals surface area contributed by atoms with Gasteiger partial charge in [0.25, 0.3) is 5.89 Å². The SMILES string of the molecule is Cc1c(-c2nnc(C3(c4ccc(Cl)cc4)CC3)o2)nn(-c2c(Cl)cccc2Cl)c1-c1ccc(Cl)cc1. The molecule has 1 saturated carbocycles. The van der Waals surface area contributed by atoms with Crippen LogP contribution in [0.15, 0.2) is 71.1 Å². The molecule has 2 aromatic heterocycles. The highest BCUT2D eigenvalue weighted by molar-refractivity contribution is 6.37. The van der Waals surface area contributed by atoms with Crippen LogP contribution in [0.5, 0.6) is 0 Å². The summed E-state index contributed by atoms with van der Waals surface area (Å²) in [5.41, 5.74) is 4.48. The van der Waals surface area contributed by atoms with Gasteiger partial charge in [0.15, 0.2) is 5.69 Å². The molecule has 3 aromatic carbocycles. The monoisotopic (exact) mass is 554 g/mol. The molecule has 0 atom stereocenters. The standard InChI is InChI=1S/C27H18Cl4N4O/c1-15-22(25-32-33-26(36-25)27(13-14-27)17-7-11-19(29)12-8-17)34-35(24-20(30)3-2-4-21(24)31)23(15)16-5-9-18(28)10-6-16/h2-12H,13-14H2,1H3. The predicted octanol–water partition coefficient (Wildman–Crippen LogP) is 8.59. The Hall–Kier alpha value is -2.83. The molecule has 0 N–H and O–H groups in total. The maximum Gasteiger partial charge on any atom is 0.268 e. The summed E-state index contributed by atoms with van der Waals surface area (Å²) in [5, 5.41) is 16.0. The van der Waals surface area contributed by atoms with E-state index in [1.165, 1.54) is 0 Å². The number of hydrogen-bond donors (Lipinski definition) is 0. The van der Waals surface area contributed by atoms with Crippen molar-refractivity contribution in [3.8, 4) is 28.5 Å². The minimum Gasteiger partial charge on any atom is -0.418 e. The van der Waals surface area contributed by atoms with E-state index >= 15 is 0 Å². The topological polar surface area (TPSA) is 56.7 Å². The van der Waals surface area contributed by atoms with Crippen molar-refractivity contribution in [3.05, 3.63) is 104 Å². The smallest absolute Gasteiger partial charge is 0.268 e. The fraction of sp³-hybridized carbons (Fsp3) is 0.148. The van der Waals surface area contributed by atoms with Gasteiger partial charge in [0.1, 0.15) is 5.69 Å². The quantitative estimate of drug-likeness (QED) is 0.218. The molecule has 6 rings (SSSR count). The van der Waals surface area contributed by atoms with Gasteiger partial charge in [-0.2, -0.15) is 5.10 Å². The number of benzene rings is 3. The van der Waals surface area contributed by atoms with E-state index < -0.39 is 0 Å². The lowest BCUT2D eigenvalue weighted by atomic mass is 9.96. The lowest BCUT2D eigenvalue weighted by molar-refractivity contribution is 0.470. The van der Waals surface area contributed by atoms with Gasteiger partial charge in [-0.05, 0) is 61.7 Å². The number of aromatic nitrogens is 4. The Balaban J connectivity index is 1.50. The summed E-state index contributed by atoms with van der Waals surface area (Å²) in [7, 11) is 0. The average Bonchev–Trinajstić information content (AvgIpc) is 3.39. The normalized spacial score (nSPS) is 14.2. The third-order valence-corrected chi connectivity index (χ3v) is 7.69. The van der Waals surface area contributed by atoms with E-state index in [0.29, 0.717) is 43.3 Å². The summed E-state index contributed by atoms with van der Waals surface area (Å²) in [5.74, 6) is 0.900. The van der Waals surface area contributed by atoms with E-state index in [9.17, 15) is 0 Å². The first-order valence-corrected chi connectivity index (χ1v) is 12.8. The number of para-hydroxylation sites is 1. The van der Waals surface area contributed by atoms with Crippen LogP contribution in [0.4, 0.5) is 0 Å². The summed E-state index contributed by atoms with van der Waals surface area (Å²) >= 11 is 25.4. The molecule has 36 heavy (non-hydrogen) atoms. The molecule has 9 heteroatoms. The van der Waals surface area contributed by atoms with Gasteiger partial charge in [-0.3, -0.25) is 0 Å². The van der Waals surface area contributed by atoms with E-state index in [0.717, 1.165) is 35.2 Å². The third kappa shape index (κ3) is 3.91. The van der Waals surface area contributed by atoms with Crippen molar-refractivity contribution in [2.24, 2.45) is 0 Å². The molecule has 1 aliphatic carbocycles. The first-order chi connectivity index (χ1) is 17.4. The summed E-state index contributed by atoms with van der Waals surface area (Å²) in [6.07, 6.45) is 1.85. The van der Waals surface area contributed by atoms with Crippen molar-refractivity contribution in [3.63, 3.8) is 0 Å². The Bertz CT molecular complexity index is 1570. The van der Waals surface area contributed by atoms with E-state index in [1.807, 2.05) is 55.5 Å². The highest BCUT2D eigenvalue weighted by Crippen LogP contribution is 2.53. The molecule has 0 spiro atoms. The zero-order valence-electron chi connectivity index (χ0n) is 19.0. The van der Waals surface area contributed by atoms with E-state index in [1.54, 1.807) is 22.9 Å². The third-order valence-electron chi connectivity index (χ3n) is 6.57. The van der Waals surface area contributed by atoms with Crippen LogP contribution in [0.3, 0.4) is 0 Å². The summed E-state index contributed by atoms with van der Waals surface area (Å²) in [6.45, 7) is 1.96. The summed E-state index contributed by atoms with van der Waals surface area (Å²) in [4.78, 5) is 0. The van der Waals surface area contributed by atoms with Crippen molar-refractivity contribution in [2.45, 2.75) is 25.2 Å². The van der Waals surface area contributed by atoms with Gasteiger partial charge in [-0.15, -0.1) is 10.2 Å². The van der Waals surface area contributed by atoms with Gasteiger partial charge in [0.2, 0.25) is 5.89 Å². The Labute approximate surface area is 227 Å². The second kappa shape index (κ2) is 8.93. The Morgan fingerprint density at radius 1 is 0.806 bits per heavy atom. The fourth-order valence-electron chi connectivity index (χ4n) is 4.53. The van der Waals surface area contributed by atoms with Crippen LogP contribution in [0.2, 0.25) is 20.1 Å². The Morgan fingerprint density at radius 3 is 2.03 bits per heavy atom. The molecule has 1 aliphatic rings. The van der Waals surface area contributed by atoms with Crippen LogP contribution in [0.1, 0.15) is 29.9 Å². The zero-order chi connectivity index (χ0) is 25.0. The van der Waals surface area contributed by atoms with Crippen molar-refractivity contribution in [2.75, 3.05) is 0 Å². The van der Waals surface area contributed by atoms with Gasteiger partial charge >= 0.3 is 0 Å². The van der Waals surface area contributed by atoms with Crippen molar-refractivity contribution in [1.82, 2.24) is 20.0 Å². The predicted molar refractivity (Wildman–Crippen MR) is 144 cm³/mol. The second-order valence-electron chi connectivity index (χ2n) is 8.81. The van der Waals surface area contributed by atoms with Gasteiger partial charge in [-0.25, -0.2) is 4.68 Å². The number of hydrogen-bond acceptors (Lipinski definition) is 4. The molecule has 5 aromatic rings. The molecule has 5 nitrogen and oxygen atoms in total. The van der Waals surface area contributed by atoms with Gasteiger partial charge in [0, 0.05) is 21.2 Å².